The molecule has 0 amide bonds. The first-order chi connectivity index (χ1) is 8.77. The number of hydrogen-bond acceptors (Lipinski definition) is 1. The van der Waals surface area contributed by atoms with Crippen molar-refractivity contribution in [1.29, 1.82) is 0 Å². The van der Waals surface area contributed by atoms with Gasteiger partial charge in [-0.05, 0) is 55.8 Å². The monoisotopic (exact) mass is 242 g/mol. The Morgan fingerprint density at radius 2 is 1.94 bits per heavy atom. The minimum Gasteiger partial charge on any atom is -0.361 e. The van der Waals surface area contributed by atoms with E-state index >= 15 is 0 Å². The molecule has 0 bridgehead atoms. The molecule has 0 radical (unpaired) electrons. The molecule has 3 rings (SSSR count). The van der Waals surface area contributed by atoms with Crippen molar-refractivity contribution < 1.29 is 0 Å². The van der Waals surface area contributed by atoms with Gasteiger partial charge in [0.25, 0.3) is 0 Å². The van der Waals surface area contributed by atoms with E-state index in [4.69, 9.17) is 0 Å². The molecule has 1 aliphatic rings. The van der Waals surface area contributed by atoms with Gasteiger partial charge >= 0.3 is 0 Å². The second kappa shape index (κ2) is 4.77. The predicted molar refractivity (Wildman–Crippen MR) is 76.8 cm³/mol. The zero-order valence-electron chi connectivity index (χ0n) is 11.1. The van der Waals surface area contributed by atoms with Crippen molar-refractivity contribution in [2.45, 2.75) is 32.6 Å². The molecular formula is C16H22N2. The number of aromatic nitrogens is 1. The third kappa shape index (κ3) is 2.30. The lowest BCUT2D eigenvalue weighted by Crippen LogP contribution is -2.34. The Balaban J connectivity index is 1.73. The van der Waals surface area contributed by atoms with Crippen molar-refractivity contribution in [3.63, 3.8) is 0 Å². The second-order valence-corrected chi connectivity index (χ2v) is 5.92. The lowest BCUT2D eigenvalue weighted by molar-refractivity contribution is 0.212. The Morgan fingerprint density at radius 3 is 2.78 bits per heavy atom. The fourth-order valence-corrected chi connectivity index (χ4v) is 3.06. The number of aromatic amines is 1. The molecule has 1 fully saturated rings. The molecule has 2 N–H and O–H groups in total. The van der Waals surface area contributed by atoms with Crippen LogP contribution in [-0.4, -0.2) is 18.1 Å². The number of para-hydroxylation sites is 1. The fourth-order valence-electron chi connectivity index (χ4n) is 3.06. The van der Waals surface area contributed by atoms with E-state index in [0.717, 1.165) is 0 Å². The maximum atomic E-state index is 3.46. The van der Waals surface area contributed by atoms with Crippen molar-refractivity contribution in [1.82, 2.24) is 10.3 Å². The van der Waals surface area contributed by atoms with Crippen LogP contribution in [0.3, 0.4) is 0 Å². The summed E-state index contributed by atoms with van der Waals surface area (Å²) in [5.41, 5.74) is 3.28. The van der Waals surface area contributed by atoms with E-state index in [2.05, 4.69) is 47.7 Å². The highest BCUT2D eigenvalue weighted by Gasteiger charge is 2.26. The van der Waals surface area contributed by atoms with Crippen LogP contribution in [0.4, 0.5) is 0 Å². The van der Waals surface area contributed by atoms with Crippen LogP contribution < -0.4 is 5.32 Å². The SMILES string of the molecule is CC1(CCc2c[nH]c3ccccc23)CCNCC1. The summed E-state index contributed by atoms with van der Waals surface area (Å²) in [4.78, 5) is 3.38. The summed E-state index contributed by atoms with van der Waals surface area (Å²) in [5.74, 6) is 0. The van der Waals surface area contributed by atoms with Crippen LogP contribution in [0.15, 0.2) is 30.5 Å². The van der Waals surface area contributed by atoms with Gasteiger partial charge in [0, 0.05) is 17.1 Å². The molecule has 0 atom stereocenters. The molecule has 1 aliphatic heterocycles. The summed E-state index contributed by atoms with van der Waals surface area (Å²) in [6, 6.07) is 8.61. The van der Waals surface area contributed by atoms with Crippen LogP contribution >= 0.6 is 0 Å². The first-order valence-corrected chi connectivity index (χ1v) is 7.03. The van der Waals surface area contributed by atoms with Gasteiger partial charge in [-0.3, -0.25) is 0 Å². The van der Waals surface area contributed by atoms with Crippen LogP contribution in [0.5, 0.6) is 0 Å². The lowest BCUT2D eigenvalue weighted by atomic mass is 9.76. The molecule has 2 aromatic rings. The Hall–Kier alpha value is -1.28. The maximum Gasteiger partial charge on any atom is 0.0456 e. The maximum absolute atomic E-state index is 3.46. The zero-order chi connectivity index (χ0) is 12.4. The average Bonchev–Trinajstić information content (AvgIpc) is 2.81. The van der Waals surface area contributed by atoms with E-state index in [0.29, 0.717) is 5.41 Å². The van der Waals surface area contributed by atoms with Gasteiger partial charge in [0.1, 0.15) is 0 Å². The van der Waals surface area contributed by atoms with E-state index in [1.165, 1.54) is 55.2 Å². The topological polar surface area (TPSA) is 27.8 Å². The molecule has 96 valence electrons. The Kier molecular flexibility index (Phi) is 3.13. The van der Waals surface area contributed by atoms with Crippen molar-refractivity contribution in [3.05, 3.63) is 36.0 Å². The molecule has 2 nitrogen and oxygen atoms in total. The van der Waals surface area contributed by atoms with Crippen LogP contribution in [0.1, 0.15) is 31.7 Å². The minimum absolute atomic E-state index is 0.531. The third-order valence-corrected chi connectivity index (χ3v) is 4.48. The summed E-state index contributed by atoms with van der Waals surface area (Å²) in [6.07, 6.45) is 7.32. The van der Waals surface area contributed by atoms with E-state index in [1.54, 1.807) is 0 Å². The van der Waals surface area contributed by atoms with E-state index < -0.39 is 0 Å². The quantitative estimate of drug-likeness (QED) is 0.847. The zero-order valence-corrected chi connectivity index (χ0v) is 11.1. The van der Waals surface area contributed by atoms with E-state index in [9.17, 15) is 0 Å². The summed E-state index contributed by atoms with van der Waals surface area (Å²) in [5, 5.41) is 4.85. The highest BCUT2D eigenvalue weighted by molar-refractivity contribution is 5.82. The molecule has 1 saturated heterocycles. The first kappa shape index (κ1) is 11.8. The molecule has 0 unspecified atom stereocenters. The predicted octanol–water partition coefficient (Wildman–Crippen LogP) is 3.49. The van der Waals surface area contributed by atoms with Crippen molar-refractivity contribution in [3.8, 4) is 0 Å². The van der Waals surface area contributed by atoms with Gasteiger partial charge in [-0.1, -0.05) is 25.1 Å². The molecule has 0 saturated carbocycles. The molecule has 2 heteroatoms. The van der Waals surface area contributed by atoms with E-state index in [1.807, 2.05) is 0 Å². The first-order valence-electron chi connectivity index (χ1n) is 7.03. The van der Waals surface area contributed by atoms with Gasteiger partial charge in [-0.15, -0.1) is 0 Å². The number of benzene rings is 1. The normalized spacial score (nSPS) is 19.2. The van der Waals surface area contributed by atoms with Gasteiger partial charge in [0.15, 0.2) is 0 Å². The molecular weight excluding hydrogens is 220 g/mol. The smallest absolute Gasteiger partial charge is 0.0456 e. The number of hydrogen-bond donors (Lipinski definition) is 2. The number of aryl methyl sites for hydroxylation is 1. The third-order valence-electron chi connectivity index (χ3n) is 4.48. The van der Waals surface area contributed by atoms with Crippen LogP contribution in [-0.2, 0) is 6.42 Å². The van der Waals surface area contributed by atoms with Gasteiger partial charge in [0.05, 0.1) is 0 Å². The van der Waals surface area contributed by atoms with Gasteiger partial charge < -0.3 is 10.3 Å². The largest absolute Gasteiger partial charge is 0.361 e. The van der Waals surface area contributed by atoms with Gasteiger partial charge in [0.2, 0.25) is 0 Å². The number of rotatable bonds is 3. The molecule has 2 heterocycles. The Bertz CT molecular complexity index is 521. The highest BCUT2D eigenvalue weighted by atomic mass is 14.9. The minimum atomic E-state index is 0.531. The summed E-state index contributed by atoms with van der Waals surface area (Å²) in [6.45, 7) is 4.82. The van der Waals surface area contributed by atoms with Crippen molar-refractivity contribution in [2.24, 2.45) is 5.41 Å². The number of H-pyrrole nitrogens is 1. The van der Waals surface area contributed by atoms with Crippen molar-refractivity contribution in [2.75, 3.05) is 13.1 Å². The molecule has 0 aliphatic carbocycles. The summed E-state index contributed by atoms with van der Waals surface area (Å²) in [7, 11) is 0. The molecule has 0 spiro atoms. The Morgan fingerprint density at radius 1 is 1.17 bits per heavy atom. The van der Waals surface area contributed by atoms with Crippen molar-refractivity contribution >= 4 is 10.9 Å². The van der Waals surface area contributed by atoms with Crippen LogP contribution in [0, 0.1) is 5.41 Å². The number of nitrogens with one attached hydrogen (secondary N) is 2. The van der Waals surface area contributed by atoms with Gasteiger partial charge in [-0.2, -0.15) is 0 Å². The van der Waals surface area contributed by atoms with Crippen LogP contribution in [0.25, 0.3) is 10.9 Å². The highest BCUT2D eigenvalue weighted by Crippen LogP contribution is 2.34. The second-order valence-electron chi connectivity index (χ2n) is 5.92. The average molecular weight is 242 g/mol. The lowest BCUT2D eigenvalue weighted by Gasteiger charge is -2.34. The standard InChI is InChI=1S/C16H22N2/c1-16(8-10-17-11-9-16)7-6-13-12-18-15-5-3-2-4-14(13)15/h2-5,12,17-18H,6-11H2,1H3. The van der Waals surface area contributed by atoms with Gasteiger partial charge in [-0.25, -0.2) is 0 Å². The fraction of sp³-hybridized carbons (Fsp3) is 0.500. The Labute approximate surface area is 109 Å². The number of piperidine rings is 1. The molecule has 1 aromatic heterocycles. The summed E-state index contributed by atoms with van der Waals surface area (Å²) >= 11 is 0. The van der Waals surface area contributed by atoms with E-state index in [-0.39, 0.29) is 0 Å². The molecule has 18 heavy (non-hydrogen) atoms. The van der Waals surface area contributed by atoms with Crippen LogP contribution in [0.2, 0.25) is 0 Å². The molecule has 1 aromatic carbocycles. The summed E-state index contributed by atoms with van der Waals surface area (Å²) < 4.78 is 0. The number of fused-ring (bicyclic) bond motifs is 1.